The molecule has 18 heavy (non-hydrogen) atoms. The van der Waals surface area contributed by atoms with Gasteiger partial charge in [-0.25, -0.2) is 4.98 Å². The van der Waals surface area contributed by atoms with E-state index < -0.39 is 0 Å². The molecule has 1 saturated heterocycles. The van der Waals surface area contributed by atoms with Gasteiger partial charge in [-0.05, 0) is 32.5 Å². The number of rotatable bonds is 2. The van der Waals surface area contributed by atoms with Crippen molar-refractivity contribution in [3.63, 3.8) is 0 Å². The van der Waals surface area contributed by atoms with E-state index in [0.717, 1.165) is 25.3 Å². The average Bonchev–Trinajstić information content (AvgIpc) is 2.37. The Hall–Kier alpha value is -1.80. The van der Waals surface area contributed by atoms with E-state index in [4.69, 9.17) is 11.0 Å². The first kappa shape index (κ1) is 12.7. The van der Waals surface area contributed by atoms with Crippen LogP contribution in [0.15, 0.2) is 12.3 Å². The maximum absolute atomic E-state index is 8.81. The van der Waals surface area contributed by atoms with Crippen LogP contribution in [0.25, 0.3) is 0 Å². The number of anilines is 2. The molecular formula is C13H19N5. The molecule has 0 spiro atoms. The van der Waals surface area contributed by atoms with Crippen molar-refractivity contribution in [3.8, 4) is 6.07 Å². The second-order valence-electron chi connectivity index (χ2n) is 4.92. The molecular weight excluding hydrogens is 226 g/mol. The molecule has 2 heterocycles. The number of nitriles is 1. The number of piperidine rings is 1. The predicted octanol–water partition coefficient (Wildman–Crippen LogP) is 1.07. The third-order valence-electron chi connectivity index (χ3n) is 3.51. The Balaban J connectivity index is 2.18. The first-order chi connectivity index (χ1) is 8.61. The van der Waals surface area contributed by atoms with Crippen molar-refractivity contribution >= 4 is 11.5 Å². The minimum atomic E-state index is 0.437. The molecule has 1 aliphatic heterocycles. The van der Waals surface area contributed by atoms with Crippen LogP contribution in [0.3, 0.4) is 0 Å². The smallest absolute Gasteiger partial charge is 0.151 e. The number of likely N-dealkylation sites (tertiary alicyclic amines) is 1. The molecule has 0 amide bonds. The molecule has 5 nitrogen and oxygen atoms in total. The van der Waals surface area contributed by atoms with Crippen LogP contribution >= 0.6 is 0 Å². The highest BCUT2D eigenvalue weighted by Gasteiger charge is 2.23. The molecule has 1 aliphatic rings. The van der Waals surface area contributed by atoms with Gasteiger partial charge in [0.2, 0.25) is 0 Å². The maximum Gasteiger partial charge on any atom is 0.151 e. The Morgan fingerprint density at radius 2 is 2.39 bits per heavy atom. The molecule has 0 aromatic carbocycles. The summed E-state index contributed by atoms with van der Waals surface area (Å²) in [4.78, 5) is 8.76. The number of hydrogen-bond acceptors (Lipinski definition) is 5. The second kappa shape index (κ2) is 5.23. The van der Waals surface area contributed by atoms with Gasteiger partial charge in [-0.3, -0.25) is 0 Å². The van der Waals surface area contributed by atoms with Crippen LogP contribution in [0.1, 0.15) is 18.4 Å². The number of pyridine rings is 1. The van der Waals surface area contributed by atoms with Crippen molar-refractivity contribution in [1.82, 2.24) is 9.88 Å². The van der Waals surface area contributed by atoms with Crippen LogP contribution in [0, 0.1) is 11.3 Å². The highest BCUT2D eigenvalue weighted by molar-refractivity contribution is 5.64. The zero-order valence-electron chi connectivity index (χ0n) is 10.9. The lowest BCUT2D eigenvalue weighted by Crippen LogP contribution is -2.45. The zero-order chi connectivity index (χ0) is 13.1. The number of nitrogens with zero attached hydrogens (tertiary/aromatic N) is 4. The van der Waals surface area contributed by atoms with E-state index >= 15 is 0 Å². The summed E-state index contributed by atoms with van der Waals surface area (Å²) in [5.74, 6) is 0.773. The van der Waals surface area contributed by atoms with Gasteiger partial charge in [-0.1, -0.05) is 0 Å². The maximum atomic E-state index is 8.81. The molecule has 0 bridgehead atoms. The van der Waals surface area contributed by atoms with Gasteiger partial charge < -0.3 is 15.5 Å². The highest BCUT2D eigenvalue weighted by Crippen LogP contribution is 2.24. The molecule has 2 N–H and O–H groups in total. The van der Waals surface area contributed by atoms with Crippen LogP contribution < -0.4 is 10.6 Å². The Morgan fingerprint density at radius 3 is 3.00 bits per heavy atom. The lowest BCUT2D eigenvalue weighted by Gasteiger charge is -2.36. The summed E-state index contributed by atoms with van der Waals surface area (Å²) in [5.41, 5.74) is 7.05. The van der Waals surface area contributed by atoms with Gasteiger partial charge in [0.15, 0.2) is 5.82 Å². The summed E-state index contributed by atoms with van der Waals surface area (Å²) in [6, 6.07) is 4.17. The fourth-order valence-electron chi connectivity index (χ4n) is 2.46. The van der Waals surface area contributed by atoms with Gasteiger partial charge in [0.1, 0.15) is 6.07 Å². The van der Waals surface area contributed by atoms with Crippen molar-refractivity contribution < 1.29 is 0 Å². The summed E-state index contributed by atoms with van der Waals surface area (Å²) in [7, 11) is 4.16. The summed E-state index contributed by atoms with van der Waals surface area (Å²) in [6.07, 6.45) is 3.93. The van der Waals surface area contributed by atoms with E-state index in [2.05, 4.69) is 27.9 Å². The first-order valence-electron chi connectivity index (χ1n) is 6.19. The number of nitrogen functional groups attached to an aromatic ring is 1. The van der Waals surface area contributed by atoms with E-state index in [1.807, 2.05) is 7.05 Å². The normalized spacial score (nSPS) is 20.4. The minimum Gasteiger partial charge on any atom is -0.396 e. The fraction of sp³-hybridized carbons (Fsp3) is 0.538. The number of hydrogen-bond donors (Lipinski definition) is 1. The lowest BCUT2D eigenvalue weighted by molar-refractivity contribution is 0.247. The highest BCUT2D eigenvalue weighted by atomic mass is 15.2. The fourth-order valence-corrected chi connectivity index (χ4v) is 2.46. The molecule has 2 rings (SSSR count). The molecule has 96 valence electrons. The SMILES string of the molecule is CN1CCCC(N(C)c2ncc(C#N)cc2N)C1. The zero-order valence-corrected chi connectivity index (χ0v) is 10.9. The second-order valence-corrected chi connectivity index (χ2v) is 4.92. The number of aromatic nitrogens is 1. The van der Waals surface area contributed by atoms with Gasteiger partial charge in [0.25, 0.3) is 0 Å². The van der Waals surface area contributed by atoms with Gasteiger partial charge in [0, 0.05) is 25.8 Å². The molecule has 1 atom stereocenters. The predicted molar refractivity (Wildman–Crippen MR) is 72.3 cm³/mol. The number of likely N-dealkylation sites (N-methyl/N-ethyl adjacent to an activating group) is 2. The molecule has 0 aliphatic carbocycles. The summed E-state index contributed by atoms with van der Waals surface area (Å²) in [6.45, 7) is 2.18. The van der Waals surface area contributed by atoms with Gasteiger partial charge in [-0.15, -0.1) is 0 Å². The molecule has 1 unspecified atom stereocenters. The topological polar surface area (TPSA) is 69.2 Å². The summed E-state index contributed by atoms with van der Waals surface area (Å²) >= 11 is 0. The summed E-state index contributed by atoms with van der Waals surface area (Å²) < 4.78 is 0. The van der Waals surface area contributed by atoms with Crippen LogP contribution in [0.5, 0.6) is 0 Å². The Labute approximate surface area is 108 Å². The monoisotopic (exact) mass is 245 g/mol. The van der Waals surface area contributed by atoms with Crippen molar-refractivity contribution in [3.05, 3.63) is 17.8 Å². The minimum absolute atomic E-state index is 0.437. The van der Waals surface area contributed by atoms with E-state index in [-0.39, 0.29) is 0 Å². The standard InChI is InChI=1S/C13H19N5/c1-17-5-3-4-11(9-17)18(2)13-12(15)6-10(7-14)8-16-13/h6,8,11H,3-5,9,15H2,1-2H3. The Kier molecular flexibility index (Phi) is 3.68. The Bertz CT molecular complexity index is 465. The van der Waals surface area contributed by atoms with Crippen molar-refractivity contribution in [1.29, 1.82) is 5.26 Å². The Morgan fingerprint density at radius 1 is 1.61 bits per heavy atom. The van der Waals surface area contributed by atoms with E-state index in [9.17, 15) is 0 Å². The number of nitrogens with two attached hydrogens (primary N) is 1. The molecule has 1 fully saturated rings. The van der Waals surface area contributed by atoms with Crippen molar-refractivity contribution in [2.75, 3.05) is 37.8 Å². The third-order valence-corrected chi connectivity index (χ3v) is 3.51. The van der Waals surface area contributed by atoms with Crippen LogP contribution in [0.2, 0.25) is 0 Å². The van der Waals surface area contributed by atoms with E-state index in [1.165, 1.54) is 6.42 Å². The largest absolute Gasteiger partial charge is 0.396 e. The van der Waals surface area contributed by atoms with Crippen molar-refractivity contribution in [2.45, 2.75) is 18.9 Å². The molecule has 1 aromatic heterocycles. The van der Waals surface area contributed by atoms with Gasteiger partial charge in [0.05, 0.1) is 11.3 Å². The van der Waals surface area contributed by atoms with E-state index in [0.29, 0.717) is 17.3 Å². The summed E-state index contributed by atoms with van der Waals surface area (Å²) in [5, 5.41) is 8.81. The molecule has 1 aromatic rings. The van der Waals surface area contributed by atoms with Gasteiger partial charge >= 0.3 is 0 Å². The van der Waals surface area contributed by atoms with Crippen LogP contribution in [-0.2, 0) is 0 Å². The molecule has 0 saturated carbocycles. The third kappa shape index (κ3) is 2.54. The van der Waals surface area contributed by atoms with Crippen LogP contribution in [-0.4, -0.2) is 43.1 Å². The van der Waals surface area contributed by atoms with Crippen LogP contribution in [0.4, 0.5) is 11.5 Å². The molecule has 5 heteroatoms. The van der Waals surface area contributed by atoms with Crippen molar-refractivity contribution in [2.24, 2.45) is 0 Å². The quantitative estimate of drug-likeness (QED) is 0.844. The molecule has 0 radical (unpaired) electrons. The first-order valence-corrected chi connectivity index (χ1v) is 6.19. The average molecular weight is 245 g/mol. The van der Waals surface area contributed by atoms with Gasteiger partial charge in [-0.2, -0.15) is 5.26 Å². The van der Waals surface area contributed by atoms with E-state index in [1.54, 1.807) is 12.3 Å². The lowest BCUT2D eigenvalue weighted by atomic mass is 10.0.